The number of hydrogen-bond acceptors (Lipinski definition) is 6. The minimum Gasteiger partial charge on any atom is -0.393 e. The summed E-state index contributed by atoms with van der Waals surface area (Å²) in [5, 5.41) is 18.3. The number of fused-ring (bicyclic) bond motifs is 3. The molecule has 1 saturated heterocycles. The highest BCUT2D eigenvalue weighted by Crippen LogP contribution is 2.41. The lowest BCUT2D eigenvalue weighted by molar-refractivity contribution is 0.121. The summed E-state index contributed by atoms with van der Waals surface area (Å²) >= 11 is 0. The normalized spacial score (nSPS) is 29.9. The number of anilines is 1. The molecule has 2 fully saturated rings. The van der Waals surface area contributed by atoms with Gasteiger partial charge in [0.2, 0.25) is 5.95 Å². The lowest BCUT2D eigenvalue weighted by Crippen LogP contribution is -2.34. The number of ether oxygens (including phenoxy) is 1. The van der Waals surface area contributed by atoms with Crippen LogP contribution in [0.5, 0.6) is 0 Å². The molecule has 7 heteroatoms. The van der Waals surface area contributed by atoms with E-state index >= 15 is 0 Å². The van der Waals surface area contributed by atoms with Crippen LogP contribution in [-0.4, -0.2) is 69.6 Å². The first kappa shape index (κ1) is 20.9. The molecule has 2 N–H and O–H groups in total. The van der Waals surface area contributed by atoms with E-state index < -0.39 is 0 Å². The van der Waals surface area contributed by atoms with Crippen LogP contribution >= 0.6 is 0 Å². The topological polar surface area (TPSA) is 74.9 Å². The molecule has 5 rings (SSSR count). The molecule has 1 saturated carbocycles. The fourth-order valence-corrected chi connectivity index (χ4v) is 5.75. The Hall–Kier alpha value is -1.96. The Morgan fingerprint density at radius 3 is 2.77 bits per heavy atom. The summed E-state index contributed by atoms with van der Waals surface area (Å²) in [4.78, 5) is 7.18. The number of nitrogens with one attached hydrogen (secondary N) is 1. The summed E-state index contributed by atoms with van der Waals surface area (Å²) in [5.74, 6) is 1.06. The molecule has 0 amide bonds. The molecular weight excluding hydrogens is 390 g/mol. The Balaban J connectivity index is 1.54. The molecule has 0 spiro atoms. The van der Waals surface area contributed by atoms with Crippen molar-refractivity contribution in [3.63, 3.8) is 0 Å². The van der Waals surface area contributed by atoms with E-state index in [0.29, 0.717) is 30.6 Å². The first-order chi connectivity index (χ1) is 15.0. The number of rotatable bonds is 6. The minimum absolute atomic E-state index is 0.137. The summed E-state index contributed by atoms with van der Waals surface area (Å²) in [5.41, 5.74) is 5.10. The summed E-state index contributed by atoms with van der Waals surface area (Å²) in [6, 6.07) is 3.70. The van der Waals surface area contributed by atoms with Gasteiger partial charge in [-0.05, 0) is 70.6 Å². The first-order valence-electron chi connectivity index (χ1n) is 11.8. The third-order valence-electron chi connectivity index (χ3n) is 7.54. The van der Waals surface area contributed by atoms with Gasteiger partial charge in [0.25, 0.3) is 0 Å². The molecule has 7 nitrogen and oxygen atoms in total. The second-order valence-electron chi connectivity index (χ2n) is 9.73. The van der Waals surface area contributed by atoms with Gasteiger partial charge in [0.05, 0.1) is 24.4 Å². The van der Waals surface area contributed by atoms with Gasteiger partial charge in [-0.3, -0.25) is 4.90 Å². The Labute approximate surface area is 184 Å². The Bertz CT molecular complexity index is 962. The number of aromatic nitrogens is 3. The van der Waals surface area contributed by atoms with Crippen LogP contribution in [-0.2, 0) is 4.74 Å². The smallest absolute Gasteiger partial charge is 0.241 e. The Morgan fingerprint density at radius 1 is 1.23 bits per heavy atom. The third-order valence-corrected chi connectivity index (χ3v) is 7.54. The van der Waals surface area contributed by atoms with Crippen LogP contribution in [0.2, 0.25) is 0 Å². The van der Waals surface area contributed by atoms with Crippen molar-refractivity contribution in [3.05, 3.63) is 29.6 Å². The van der Waals surface area contributed by atoms with Crippen molar-refractivity contribution in [1.29, 1.82) is 0 Å². The molecule has 168 valence electrons. The van der Waals surface area contributed by atoms with Crippen LogP contribution in [0.15, 0.2) is 18.3 Å². The molecular formula is C24H35N5O2. The molecule has 0 unspecified atom stereocenters. The Kier molecular flexibility index (Phi) is 5.75. The molecule has 3 atom stereocenters. The van der Waals surface area contributed by atoms with Gasteiger partial charge in [-0.2, -0.15) is 0 Å². The summed E-state index contributed by atoms with van der Waals surface area (Å²) in [6.07, 6.45) is 11.7. The molecule has 2 bridgehead atoms. The SMILES string of the molecule is COC[C@H](C)Nc1ncc2c(C3=C[C@@H]4CC[C@H](C3)N4C)cc(C3CCC(O)CC3)n2n1. The van der Waals surface area contributed by atoms with E-state index in [0.717, 1.165) is 37.6 Å². The first-order valence-corrected chi connectivity index (χ1v) is 11.8. The third kappa shape index (κ3) is 3.99. The second-order valence-corrected chi connectivity index (χ2v) is 9.73. The molecule has 0 radical (unpaired) electrons. The molecule has 2 aliphatic heterocycles. The largest absolute Gasteiger partial charge is 0.393 e. The van der Waals surface area contributed by atoms with Crippen LogP contribution in [0.1, 0.15) is 69.0 Å². The Morgan fingerprint density at radius 2 is 2.03 bits per heavy atom. The predicted octanol–water partition coefficient (Wildman–Crippen LogP) is 3.44. The van der Waals surface area contributed by atoms with Gasteiger partial charge in [0, 0.05) is 42.4 Å². The van der Waals surface area contributed by atoms with E-state index in [9.17, 15) is 5.11 Å². The van der Waals surface area contributed by atoms with Gasteiger partial charge in [0.15, 0.2) is 0 Å². The maximum absolute atomic E-state index is 10.0. The molecule has 3 aliphatic rings. The highest BCUT2D eigenvalue weighted by Gasteiger charge is 2.35. The van der Waals surface area contributed by atoms with Crippen LogP contribution in [0.4, 0.5) is 5.95 Å². The van der Waals surface area contributed by atoms with Crippen molar-refractivity contribution in [2.45, 2.75) is 82.0 Å². The van der Waals surface area contributed by atoms with E-state index in [4.69, 9.17) is 9.84 Å². The maximum atomic E-state index is 10.0. The summed E-state index contributed by atoms with van der Waals surface area (Å²) in [6.45, 7) is 2.68. The minimum atomic E-state index is -0.157. The molecule has 0 aromatic carbocycles. The number of likely N-dealkylation sites (N-methyl/N-ethyl adjacent to an activating group) is 1. The van der Waals surface area contributed by atoms with Gasteiger partial charge in [0.1, 0.15) is 0 Å². The van der Waals surface area contributed by atoms with Crippen molar-refractivity contribution in [3.8, 4) is 0 Å². The number of methoxy groups -OCH3 is 1. The fourth-order valence-electron chi connectivity index (χ4n) is 5.75. The van der Waals surface area contributed by atoms with Crippen molar-refractivity contribution >= 4 is 17.0 Å². The molecule has 2 aromatic rings. The van der Waals surface area contributed by atoms with Crippen molar-refractivity contribution in [2.75, 3.05) is 26.1 Å². The average Bonchev–Trinajstić information content (AvgIpc) is 3.20. The lowest BCUT2D eigenvalue weighted by atomic mass is 9.85. The number of aliphatic hydroxyl groups excluding tert-OH is 1. The zero-order valence-electron chi connectivity index (χ0n) is 18.9. The average molecular weight is 426 g/mol. The number of nitrogens with zero attached hydrogens (tertiary/aromatic N) is 4. The zero-order valence-corrected chi connectivity index (χ0v) is 18.9. The zero-order chi connectivity index (χ0) is 21.5. The monoisotopic (exact) mass is 425 g/mol. The second kappa shape index (κ2) is 8.52. The van der Waals surface area contributed by atoms with Gasteiger partial charge in [-0.15, -0.1) is 5.10 Å². The molecule has 2 aromatic heterocycles. The number of hydrogen-bond donors (Lipinski definition) is 2. The highest BCUT2D eigenvalue weighted by molar-refractivity contribution is 5.80. The van der Waals surface area contributed by atoms with Crippen LogP contribution in [0, 0.1) is 0 Å². The van der Waals surface area contributed by atoms with E-state index in [1.54, 1.807) is 7.11 Å². The summed E-state index contributed by atoms with van der Waals surface area (Å²) in [7, 11) is 3.97. The van der Waals surface area contributed by atoms with E-state index in [1.807, 2.05) is 6.20 Å². The maximum Gasteiger partial charge on any atom is 0.241 e. The highest BCUT2D eigenvalue weighted by atomic mass is 16.5. The van der Waals surface area contributed by atoms with Crippen molar-refractivity contribution < 1.29 is 9.84 Å². The van der Waals surface area contributed by atoms with E-state index in [1.165, 1.54) is 29.7 Å². The van der Waals surface area contributed by atoms with Gasteiger partial charge in [-0.25, -0.2) is 9.50 Å². The summed E-state index contributed by atoms with van der Waals surface area (Å²) < 4.78 is 7.37. The standard InChI is InChI=1S/C24H35N5O2/c1-15(14-31-3)26-24-25-13-23-21(17-10-18-6-7-19(11-17)28(18)2)12-22(29(23)27-24)16-4-8-20(30)9-5-16/h10,12-13,15-16,18-20,30H,4-9,11,14H2,1-3H3,(H,26,27)/t15-,16?,18-,19+,20?/m0/s1. The van der Waals surface area contributed by atoms with Gasteiger partial charge < -0.3 is 15.2 Å². The molecule has 31 heavy (non-hydrogen) atoms. The quantitative estimate of drug-likeness (QED) is 0.738. The van der Waals surface area contributed by atoms with Crippen LogP contribution in [0.3, 0.4) is 0 Å². The van der Waals surface area contributed by atoms with E-state index in [-0.39, 0.29) is 12.1 Å². The lowest BCUT2D eigenvalue weighted by Gasteiger charge is -2.30. The number of aliphatic hydroxyl groups is 1. The molecule has 4 heterocycles. The van der Waals surface area contributed by atoms with Gasteiger partial charge in [-0.1, -0.05) is 6.08 Å². The fraction of sp³-hybridized carbons (Fsp3) is 0.667. The predicted molar refractivity (Wildman–Crippen MR) is 122 cm³/mol. The van der Waals surface area contributed by atoms with Crippen molar-refractivity contribution in [2.24, 2.45) is 0 Å². The van der Waals surface area contributed by atoms with Crippen molar-refractivity contribution in [1.82, 2.24) is 19.5 Å². The van der Waals surface area contributed by atoms with E-state index in [2.05, 4.69) is 45.8 Å². The molecule has 1 aliphatic carbocycles. The van der Waals surface area contributed by atoms with Crippen LogP contribution < -0.4 is 5.32 Å². The van der Waals surface area contributed by atoms with Gasteiger partial charge >= 0.3 is 0 Å². The van der Waals surface area contributed by atoms with Crippen LogP contribution in [0.25, 0.3) is 11.1 Å².